The molecule has 5 heteroatoms. The van der Waals surface area contributed by atoms with Crippen LogP contribution < -0.4 is 10.1 Å². The average Bonchev–Trinajstić information content (AvgIpc) is 3.18. The topological polar surface area (TPSA) is 52.0 Å². The lowest BCUT2D eigenvalue weighted by atomic mass is 10.1. The molecule has 1 aliphatic carbocycles. The van der Waals surface area contributed by atoms with Crippen LogP contribution >= 0.6 is 0 Å². The number of aryl methyl sites for hydroxylation is 2. The van der Waals surface area contributed by atoms with E-state index in [1.54, 1.807) is 0 Å². The van der Waals surface area contributed by atoms with Crippen LogP contribution in [0.2, 0.25) is 0 Å². The van der Waals surface area contributed by atoms with Crippen molar-refractivity contribution < 1.29 is 4.74 Å². The maximum absolute atomic E-state index is 5.81. The molecule has 1 aromatic heterocycles. The molecule has 0 bridgehead atoms. The summed E-state index contributed by atoms with van der Waals surface area (Å²) in [5.41, 5.74) is 3.42. The van der Waals surface area contributed by atoms with E-state index in [1.807, 2.05) is 16.9 Å². The van der Waals surface area contributed by atoms with Crippen molar-refractivity contribution in [3.05, 3.63) is 41.2 Å². The summed E-state index contributed by atoms with van der Waals surface area (Å²) in [6.45, 7) is 6.28. The molecule has 1 fully saturated rings. The van der Waals surface area contributed by atoms with Crippen molar-refractivity contribution in [3.63, 3.8) is 0 Å². The fourth-order valence-corrected chi connectivity index (χ4v) is 2.28. The molecule has 0 unspecified atom stereocenters. The summed E-state index contributed by atoms with van der Waals surface area (Å²) in [4.78, 5) is 0. The van der Waals surface area contributed by atoms with Crippen LogP contribution in [0.1, 0.15) is 29.7 Å². The molecule has 1 saturated carbocycles. The first-order valence-corrected chi connectivity index (χ1v) is 7.53. The Kier molecular flexibility index (Phi) is 4.20. The predicted octanol–water partition coefficient (Wildman–Crippen LogP) is 2.23. The van der Waals surface area contributed by atoms with Gasteiger partial charge in [0.25, 0.3) is 0 Å². The summed E-state index contributed by atoms with van der Waals surface area (Å²) >= 11 is 0. The van der Waals surface area contributed by atoms with Crippen LogP contribution in [0.15, 0.2) is 24.4 Å². The van der Waals surface area contributed by atoms with Crippen molar-refractivity contribution in [1.82, 2.24) is 20.3 Å². The second-order valence-corrected chi connectivity index (χ2v) is 5.75. The second kappa shape index (κ2) is 6.26. The van der Waals surface area contributed by atoms with Crippen molar-refractivity contribution in [3.8, 4) is 5.75 Å². The Balaban J connectivity index is 1.46. The molecule has 0 saturated heterocycles. The number of nitrogens with zero attached hydrogens (tertiary/aromatic N) is 3. The van der Waals surface area contributed by atoms with Crippen LogP contribution in [-0.2, 0) is 13.1 Å². The van der Waals surface area contributed by atoms with Crippen molar-refractivity contribution in [2.75, 3.05) is 6.61 Å². The van der Waals surface area contributed by atoms with Gasteiger partial charge in [-0.2, -0.15) is 0 Å². The van der Waals surface area contributed by atoms with Gasteiger partial charge in [-0.05, 0) is 38.3 Å². The lowest BCUT2D eigenvalue weighted by Gasteiger charge is -2.09. The molecule has 0 aliphatic heterocycles. The first kappa shape index (κ1) is 14.1. The highest BCUT2D eigenvalue weighted by molar-refractivity contribution is 5.35. The van der Waals surface area contributed by atoms with Gasteiger partial charge in [-0.25, -0.2) is 4.68 Å². The molecular weight excluding hydrogens is 264 g/mol. The molecule has 21 heavy (non-hydrogen) atoms. The summed E-state index contributed by atoms with van der Waals surface area (Å²) in [5, 5.41) is 11.7. The van der Waals surface area contributed by atoms with Crippen LogP contribution in [0, 0.1) is 13.8 Å². The Hall–Kier alpha value is -1.88. The molecule has 0 amide bonds. The summed E-state index contributed by atoms with van der Waals surface area (Å²) < 4.78 is 7.65. The van der Waals surface area contributed by atoms with Crippen molar-refractivity contribution >= 4 is 0 Å². The Labute approximate surface area is 125 Å². The van der Waals surface area contributed by atoms with E-state index < -0.39 is 0 Å². The van der Waals surface area contributed by atoms with Crippen molar-refractivity contribution in [2.45, 2.75) is 45.8 Å². The summed E-state index contributed by atoms with van der Waals surface area (Å²) in [5.74, 6) is 0.941. The van der Waals surface area contributed by atoms with E-state index in [0.29, 0.717) is 19.2 Å². The molecule has 0 spiro atoms. The highest BCUT2D eigenvalue weighted by Crippen LogP contribution is 2.19. The van der Waals surface area contributed by atoms with Crippen LogP contribution in [0.4, 0.5) is 0 Å². The Morgan fingerprint density at radius 3 is 2.95 bits per heavy atom. The van der Waals surface area contributed by atoms with Crippen LogP contribution in [0.25, 0.3) is 0 Å². The Morgan fingerprint density at radius 2 is 2.19 bits per heavy atom. The van der Waals surface area contributed by atoms with Gasteiger partial charge in [0, 0.05) is 18.8 Å². The van der Waals surface area contributed by atoms with Crippen LogP contribution in [-0.4, -0.2) is 27.6 Å². The molecule has 1 aromatic carbocycles. The standard InChI is InChI=1S/C16H22N4O/c1-12-3-6-16(13(2)9-12)21-8-7-20-11-15(18-19-20)10-17-14-4-5-14/h3,6,9,11,14,17H,4-5,7-8,10H2,1-2H3. The van der Waals surface area contributed by atoms with E-state index in [-0.39, 0.29) is 0 Å². The molecule has 3 rings (SSSR count). The number of hydrogen-bond donors (Lipinski definition) is 1. The van der Waals surface area contributed by atoms with Crippen LogP contribution in [0.3, 0.4) is 0 Å². The molecule has 1 heterocycles. The van der Waals surface area contributed by atoms with Gasteiger partial charge >= 0.3 is 0 Å². The van der Waals surface area contributed by atoms with E-state index in [9.17, 15) is 0 Å². The van der Waals surface area contributed by atoms with Gasteiger partial charge in [0.15, 0.2) is 0 Å². The SMILES string of the molecule is Cc1ccc(OCCn2cc(CNC3CC3)nn2)c(C)c1. The number of rotatable bonds is 7. The molecular formula is C16H22N4O. The predicted molar refractivity (Wildman–Crippen MR) is 81.3 cm³/mol. The maximum atomic E-state index is 5.81. The third-order valence-electron chi connectivity index (χ3n) is 3.64. The van der Waals surface area contributed by atoms with Gasteiger partial charge in [0.2, 0.25) is 0 Å². The number of hydrogen-bond acceptors (Lipinski definition) is 4. The maximum Gasteiger partial charge on any atom is 0.122 e. The third kappa shape index (κ3) is 4.04. The Bertz CT molecular complexity index is 604. The molecule has 0 radical (unpaired) electrons. The zero-order valence-corrected chi connectivity index (χ0v) is 12.7. The van der Waals surface area contributed by atoms with Crippen LogP contribution in [0.5, 0.6) is 5.75 Å². The number of nitrogens with one attached hydrogen (secondary N) is 1. The second-order valence-electron chi connectivity index (χ2n) is 5.75. The third-order valence-corrected chi connectivity index (χ3v) is 3.64. The van der Waals surface area contributed by atoms with Crippen molar-refractivity contribution in [1.29, 1.82) is 0 Å². The minimum atomic E-state index is 0.600. The molecule has 1 N–H and O–H groups in total. The van der Waals surface area contributed by atoms with Gasteiger partial charge in [-0.15, -0.1) is 5.10 Å². The fraction of sp³-hybridized carbons (Fsp3) is 0.500. The summed E-state index contributed by atoms with van der Waals surface area (Å²) in [7, 11) is 0. The first-order valence-electron chi connectivity index (χ1n) is 7.53. The minimum Gasteiger partial charge on any atom is -0.491 e. The zero-order chi connectivity index (χ0) is 14.7. The lowest BCUT2D eigenvalue weighted by molar-refractivity contribution is 0.288. The minimum absolute atomic E-state index is 0.600. The van der Waals surface area contributed by atoms with E-state index in [0.717, 1.165) is 18.0 Å². The Morgan fingerprint density at radius 1 is 1.33 bits per heavy atom. The highest BCUT2D eigenvalue weighted by Gasteiger charge is 2.20. The lowest BCUT2D eigenvalue weighted by Crippen LogP contribution is -2.15. The van der Waals surface area contributed by atoms with Crippen molar-refractivity contribution in [2.24, 2.45) is 0 Å². The first-order chi connectivity index (χ1) is 10.2. The molecule has 112 valence electrons. The van der Waals surface area contributed by atoms with E-state index in [2.05, 4.69) is 41.6 Å². The van der Waals surface area contributed by atoms with Gasteiger partial charge in [0.05, 0.1) is 12.2 Å². The number of aromatic nitrogens is 3. The van der Waals surface area contributed by atoms with Gasteiger partial charge in [-0.1, -0.05) is 22.9 Å². The monoisotopic (exact) mass is 286 g/mol. The summed E-state index contributed by atoms with van der Waals surface area (Å²) in [6.07, 6.45) is 4.57. The highest BCUT2D eigenvalue weighted by atomic mass is 16.5. The smallest absolute Gasteiger partial charge is 0.122 e. The van der Waals surface area contributed by atoms with Gasteiger partial charge < -0.3 is 10.1 Å². The van der Waals surface area contributed by atoms with E-state index in [1.165, 1.54) is 24.0 Å². The van der Waals surface area contributed by atoms with E-state index in [4.69, 9.17) is 4.74 Å². The molecule has 2 aromatic rings. The average molecular weight is 286 g/mol. The molecule has 0 atom stereocenters. The normalized spacial score (nSPS) is 14.4. The van der Waals surface area contributed by atoms with Gasteiger partial charge in [-0.3, -0.25) is 0 Å². The fourth-order valence-electron chi connectivity index (χ4n) is 2.28. The molecule has 1 aliphatic rings. The number of ether oxygens (including phenoxy) is 1. The largest absolute Gasteiger partial charge is 0.491 e. The quantitative estimate of drug-likeness (QED) is 0.848. The summed E-state index contributed by atoms with van der Waals surface area (Å²) in [6, 6.07) is 6.92. The zero-order valence-electron chi connectivity index (χ0n) is 12.7. The molecule has 5 nitrogen and oxygen atoms in total. The number of benzene rings is 1. The van der Waals surface area contributed by atoms with E-state index >= 15 is 0 Å². The van der Waals surface area contributed by atoms with Gasteiger partial charge in [0.1, 0.15) is 12.4 Å².